The van der Waals surface area contributed by atoms with Crippen molar-refractivity contribution in [1.29, 1.82) is 5.26 Å². The normalized spacial score (nSPS) is 39.5. The van der Waals surface area contributed by atoms with Gasteiger partial charge in [-0.3, -0.25) is 0 Å². The number of rotatable bonds is 1. The van der Waals surface area contributed by atoms with E-state index in [-0.39, 0.29) is 0 Å². The van der Waals surface area contributed by atoms with Gasteiger partial charge in [0.2, 0.25) is 0 Å². The van der Waals surface area contributed by atoms with Gasteiger partial charge >= 0.3 is 0 Å². The summed E-state index contributed by atoms with van der Waals surface area (Å²) in [6.07, 6.45) is 6.74. The van der Waals surface area contributed by atoms with Gasteiger partial charge in [-0.05, 0) is 24.7 Å². The minimum Gasteiger partial charge on any atom is -0.198 e. The zero-order valence-electron chi connectivity index (χ0n) is 6.21. The van der Waals surface area contributed by atoms with Crippen LogP contribution in [0.3, 0.4) is 0 Å². The minimum absolute atomic E-state index is 0.435. The van der Waals surface area contributed by atoms with Gasteiger partial charge < -0.3 is 0 Å². The van der Waals surface area contributed by atoms with E-state index in [0.717, 1.165) is 11.8 Å². The predicted molar refractivity (Wildman–Crippen MR) is 39.2 cm³/mol. The Morgan fingerprint density at radius 2 is 1.90 bits per heavy atom. The molecule has 0 N–H and O–H groups in total. The van der Waals surface area contributed by atoms with Crippen molar-refractivity contribution in [1.82, 2.24) is 0 Å². The topological polar surface area (TPSA) is 23.8 Å². The zero-order valence-corrected chi connectivity index (χ0v) is 6.21. The van der Waals surface area contributed by atoms with Crippen LogP contribution in [0.15, 0.2) is 0 Å². The predicted octanol–water partition coefficient (Wildman–Crippen LogP) is 2.34. The maximum absolute atomic E-state index is 8.67. The second-order valence-electron chi connectivity index (χ2n) is 3.67. The summed E-state index contributed by atoms with van der Waals surface area (Å²) in [7, 11) is 0. The molecule has 0 aromatic rings. The van der Waals surface area contributed by atoms with Gasteiger partial charge in [0.1, 0.15) is 0 Å². The fourth-order valence-electron chi connectivity index (χ4n) is 2.12. The van der Waals surface area contributed by atoms with Crippen LogP contribution in [-0.4, -0.2) is 0 Å². The molecule has 0 bridgehead atoms. The molecule has 2 saturated carbocycles. The van der Waals surface area contributed by atoms with E-state index in [4.69, 9.17) is 5.26 Å². The van der Waals surface area contributed by atoms with Gasteiger partial charge in [-0.2, -0.15) is 5.26 Å². The van der Waals surface area contributed by atoms with Crippen LogP contribution >= 0.6 is 0 Å². The van der Waals surface area contributed by atoms with E-state index >= 15 is 0 Å². The Bertz CT molecular complexity index is 164. The van der Waals surface area contributed by atoms with Crippen LogP contribution in [0.25, 0.3) is 0 Å². The monoisotopic (exact) mass is 135 g/mol. The number of hydrogen-bond acceptors (Lipinski definition) is 1. The summed E-state index contributed by atoms with van der Waals surface area (Å²) >= 11 is 0. The first kappa shape index (κ1) is 6.22. The van der Waals surface area contributed by atoms with Crippen molar-refractivity contribution in [2.24, 2.45) is 17.8 Å². The summed E-state index contributed by atoms with van der Waals surface area (Å²) < 4.78 is 0. The first-order valence-electron chi connectivity index (χ1n) is 4.31. The molecule has 0 heterocycles. The molecular weight excluding hydrogens is 122 g/mol. The third kappa shape index (κ3) is 0.751. The first-order valence-corrected chi connectivity index (χ1v) is 4.31. The van der Waals surface area contributed by atoms with E-state index in [9.17, 15) is 0 Å². The van der Waals surface area contributed by atoms with Crippen LogP contribution in [0, 0.1) is 29.1 Å². The zero-order chi connectivity index (χ0) is 6.97. The molecule has 2 aliphatic carbocycles. The Balaban J connectivity index is 1.88. The van der Waals surface area contributed by atoms with Crippen molar-refractivity contribution in [3.05, 3.63) is 0 Å². The van der Waals surface area contributed by atoms with Crippen LogP contribution in [-0.2, 0) is 0 Å². The molecule has 2 atom stereocenters. The van der Waals surface area contributed by atoms with Gasteiger partial charge in [-0.15, -0.1) is 0 Å². The summed E-state index contributed by atoms with van der Waals surface area (Å²) in [5, 5.41) is 8.67. The standard InChI is InChI=1S/C9H13N/c10-6-8-4-5-9(8)7-2-1-3-7/h7-9H,1-5H2. The molecular formula is C9H13N. The van der Waals surface area contributed by atoms with Crippen LogP contribution < -0.4 is 0 Å². The van der Waals surface area contributed by atoms with Gasteiger partial charge in [-0.25, -0.2) is 0 Å². The second kappa shape index (κ2) is 2.27. The molecule has 0 aromatic carbocycles. The summed E-state index contributed by atoms with van der Waals surface area (Å²) in [5.74, 6) is 2.18. The van der Waals surface area contributed by atoms with Gasteiger partial charge in [0.25, 0.3) is 0 Å². The van der Waals surface area contributed by atoms with Crippen LogP contribution in [0.1, 0.15) is 32.1 Å². The molecule has 1 nitrogen and oxygen atoms in total. The van der Waals surface area contributed by atoms with E-state index < -0.39 is 0 Å². The Morgan fingerprint density at radius 1 is 1.10 bits per heavy atom. The second-order valence-corrected chi connectivity index (χ2v) is 3.67. The van der Waals surface area contributed by atoms with Crippen molar-refractivity contribution < 1.29 is 0 Å². The molecule has 10 heavy (non-hydrogen) atoms. The van der Waals surface area contributed by atoms with E-state index in [2.05, 4.69) is 6.07 Å². The first-order chi connectivity index (χ1) is 4.92. The molecule has 2 fully saturated rings. The molecule has 0 aromatic heterocycles. The highest BCUT2D eigenvalue weighted by Crippen LogP contribution is 2.47. The van der Waals surface area contributed by atoms with Crippen molar-refractivity contribution in [3.8, 4) is 6.07 Å². The van der Waals surface area contributed by atoms with Crippen LogP contribution in [0.5, 0.6) is 0 Å². The number of hydrogen-bond donors (Lipinski definition) is 0. The number of nitrogens with zero attached hydrogens (tertiary/aromatic N) is 1. The third-order valence-corrected chi connectivity index (χ3v) is 3.25. The Hall–Kier alpha value is -0.510. The van der Waals surface area contributed by atoms with Gasteiger partial charge in [0.15, 0.2) is 0 Å². The summed E-state index contributed by atoms with van der Waals surface area (Å²) in [6.45, 7) is 0. The third-order valence-electron chi connectivity index (χ3n) is 3.25. The van der Waals surface area contributed by atoms with Gasteiger partial charge in [0, 0.05) is 5.92 Å². The fraction of sp³-hybridized carbons (Fsp3) is 0.889. The molecule has 0 radical (unpaired) electrons. The fourth-order valence-corrected chi connectivity index (χ4v) is 2.12. The molecule has 2 aliphatic rings. The maximum Gasteiger partial charge on any atom is 0.0658 e. The maximum atomic E-state index is 8.67. The number of nitriles is 1. The molecule has 2 unspecified atom stereocenters. The van der Waals surface area contributed by atoms with E-state index in [1.807, 2.05) is 0 Å². The highest BCUT2D eigenvalue weighted by Gasteiger charge is 2.39. The lowest BCUT2D eigenvalue weighted by Gasteiger charge is -2.42. The van der Waals surface area contributed by atoms with Crippen LogP contribution in [0.4, 0.5) is 0 Å². The summed E-state index contributed by atoms with van der Waals surface area (Å²) in [4.78, 5) is 0. The van der Waals surface area contributed by atoms with Crippen molar-refractivity contribution in [2.75, 3.05) is 0 Å². The Morgan fingerprint density at radius 3 is 2.20 bits per heavy atom. The Labute approximate surface area is 62.0 Å². The molecule has 1 heteroatoms. The van der Waals surface area contributed by atoms with E-state index in [1.54, 1.807) is 0 Å². The molecule has 0 amide bonds. The smallest absolute Gasteiger partial charge is 0.0658 e. The summed E-state index contributed by atoms with van der Waals surface area (Å²) in [6, 6.07) is 2.40. The molecule has 2 rings (SSSR count). The quantitative estimate of drug-likeness (QED) is 0.541. The minimum atomic E-state index is 0.435. The van der Waals surface area contributed by atoms with E-state index in [0.29, 0.717) is 5.92 Å². The van der Waals surface area contributed by atoms with Crippen LogP contribution in [0.2, 0.25) is 0 Å². The average Bonchev–Trinajstić information content (AvgIpc) is 1.77. The Kier molecular flexibility index (Phi) is 1.41. The van der Waals surface area contributed by atoms with Crippen molar-refractivity contribution in [3.63, 3.8) is 0 Å². The van der Waals surface area contributed by atoms with Gasteiger partial charge in [-0.1, -0.05) is 19.3 Å². The molecule has 54 valence electrons. The highest BCUT2D eigenvalue weighted by molar-refractivity contribution is 4.99. The molecule has 0 spiro atoms. The SMILES string of the molecule is N#CC1CCC1C1CCC1. The lowest BCUT2D eigenvalue weighted by molar-refractivity contribution is 0.0879. The van der Waals surface area contributed by atoms with Crippen molar-refractivity contribution in [2.45, 2.75) is 32.1 Å². The summed E-state index contributed by atoms with van der Waals surface area (Å²) in [5.41, 5.74) is 0. The largest absolute Gasteiger partial charge is 0.198 e. The lowest BCUT2D eigenvalue weighted by Crippen LogP contribution is -2.34. The lowest BCUT2D eigenvalue weighted by atomic mass is 9.61. The van der Waals surface area contributed by atoms with Gasteiger partial charge in [0.05, 0.1) is 6.07 Å². The van der Waals surface area contributed by atoms with E-state index in [1.165, 1.54) is 32.1 Å². The molecule has 0 saturated heterocycles. The molecule has 0 aliphatic heterocycles. The average molecular weight is 135 g/mol. The highest BCUT2D eigenvalue weighted by atomic mass is 14.4. The van der Waals surface area contributed by atoms with Crippen molar-refractivity contribution >= 4 is 0 Å².